The number of thioether (sulfide) groups is 1. The van der Waals surface area contributed by atoms with Crippen LogP contribution in [0.5, 0.6) is 5.75 Å². The summed E-state index contributed by atoms with van der Waals surface area (Å²) in [4.78, 5) is 16.3. The Kier molecular flexibility index (Phi) is 6.69. The smallest absolute Gasteiger partial charge is 0.234 e. The van der Waals surface area contributed by atoms with Crippen molar-refractivity contribution >= 4 is 39.3 Å². The first kappa shape index (κ1) is 20.3. The highest BCUT2D eigenvalue weighted by atomic mass is 79.9. The van der Waals surface area contributed by atoms with E-state index in [-0.39, 0.29) is 24.0 Å². The van der Waals surface area contributed by atoms with Crippen LogP contribution in [0.25, 0.3) is 0 Å². The van der Waals surface area contributed by atoms with Crippen molar-refractivity contribution < 1.29 is 13.9 Å². The summed E-state index contributed by atoms with van der Waals surface area (Å²) in [5.74, 6) is 0.597. The normalized spacial score (nSPS) is 10.7. The Bertz CT molecular complexity index is 976. The van der Waals surface area contributed by atoms with Crippen molar-refractivity contribution in [1.29, 1.82) is 0 Å². The number of rotatable bonds is 7. The maximum absolute atomic E-state index is 13.8. The standard InChI is InChI=1S/C19H18BrFN4O2S/c1-11-4-3-5-12(2)18(11)27-9-16-23-19(25-24-16)28-10-17(26)22-15-7-6-13(20)8-14(15)21/h3-8H,9-10H2,1-2H3,(H,22,26)(H,23,24,25). The fraction of sp³-hybridized carbons (Fsp3) is 0.211. The Morgan fingerprint density at radius 2 is 2.04 bits per heavy atom. The molecule has 0 bridgehead atoms. The van der Waals surface area contributed by atoms with Gasteiger partial charge in [-0.1, -0.05) is 45.9 Å². The van der Waals surface area contributed by atoms with Gasteiger partial charge in [-0.25, -0.2) is 9.37 Å². The van der Waals surface area contributed by atoms with E-state index in [0.29, 0.717) is 15.5 Å². The minimum atomic E-state index is -0.503. The number of aryl methyl sites for hydroxylation is 2. The molecule has 28 heavy (non-hydrogen) atoms. The van der Waals surface area contributed by atoms with Gasteiger partial charge in [0.25, 0.3) is 0 Å². The quantitative estimate of drug-likeness (QED) is 0.498. The molecule has 3 aromatic rings. The van der Waals surface area contributed by atoms with Gasteiger partial charge in [-0.05, 0) is 43.2 Å². The van der Waals surface area contributed by atoms with Crippen LogP contribution in [0, 0.1) is 19.7 Å². The molecule has 0 aliphatic heterocycles. The molecule has 3 rings (SSSR count). The van der Waals surface area contributed by atoms with Crippen molar-refractivity contribution in [3.63, 3.8) is 0 Å². The Balaban J connectivity index is 1.51. The number of halogens is 2. The molecule has 0 radical (unpaired) electrons. The maximum Gasteiger partial charge on any atom is 0.234 e. The van der Waals surface area contributed by atoms with Gasteiger partial charge in [0.2, 0.25) is 11.1 Å². The van der Waals surface area contributed by atoms with Gasteiger partial charge >= 0.3 is 0 Å². The Morgan fingerprint density at radius 3 is 2.75 bits per heavy atom. The van der Waals surface area contributed by atoms with E-state index in [2.05, 4.69) is 36.4 Å². The van der Waals surface area contributed by atoms with E-state index >= 15 is 0 Å². The summed E-state index contributed by atoms with van der Waals surface area (Å²) in [6.07, 6.45) is 0. The lowest BCUT2D eigenvalue weighted by molar-refractivity contribution is -0.113. The number of nitrogens with zero attached hydrogens (tertiary/aromatic N) is 2. The third-order valence-electron chi connectivity index (χ3n) is 3.81. The zero-order valence-corrected chi connectivity index (χ0v) is 17.7. The number of aromatic nitrogens is 3. The molecule has 2 N–H and O–H groups in total. The largest absolute Gasteiger partial charge is 0.485 e. The van der Waals surface area contributed by atoms with E-state index in [1.165, 1.54) is 12.1 Å². The van der Waals surface area contributed by atoms with Gasteiger partial charge in [-0.2, -0.15) is 0 Å². The summed E-state index contributed by atoms with van der Waals surface area (Å²) < 4.78 is 20.2. The van der Waals surface area contributed by atoms with E-state index in [1.807, 2.05) is 32.0 Å². The molecule has 0 saturated heterocycles. The zero-order chi connectivity index (χ0) is 20.1. The average Bonchev–Trinajstić information content (AvgIpc) is 3.10. The summed E-state index contributed by atoms with van der Waals surface area (Å²) in [5, 5.41) is 9.82. The number of carbonyl (C=O) groups excluding carboxylic acids is 1. The van der Waals surface area contributed by atoms with E-state index in [0.717, 1.165) is 28.6 Å². The molecule has 6 nitrogen and oxygen atoms in total. The Labute approximate surface area is 174 Å². The molecule has 0 saturated carbocycles. The lowest BCUT2D eigenvalue weighted by Crippen LogP contribution is -2.15. The number of hydrogen-bond acceptors (Lipinski definition) is 5. The first-order valence-electron chi connectivity index (χ1n) is 8.40. The van der Waals surface area contributed by atoms with Crippen molar-refractivity contribution in [3.8, 4) is 5.75 Å². The van der Waals surface area contributed by atoms with Crippen molar-refractivity contribution in [1.82, 2.24) is 15.2 Å². The van der Waals surface area contributed by atoms with E-state index < -0.39 is 5.82 Å². The monoisotopic (exact) mass is 464 g/mol. The molecule has 9 heteroatoms. The topological polar surface area (TPSA) is 79.9 Å². The molecule has 2 aromatic carbocycles. The van der Waals surface area contributed by atoms with Gasteiger partial charge in [-0.3, -0.25) is 9.89 Å². The summed E-state index contributed by atoms with van der Waals surface area (Å²) in [5.41, 5.74) is 2.23. The molecular formula is C19H18BrFN4O2S. The van der Waals surface area contributed by atoms with E-state index in [1.54, 1.807) is 6.07 Å². The first-order chi connectivity index (χ1) is 13.4. The molecular weight excluding hydrogens is 447 g/mol. The molecule has 0 aliphatic rings. The lowest BCUT2D eigenvalue weighted by atomic mass is 10.1. The minimum Gasteiger partial charge on any atom is -0.485 e. The highest BCUT2D eigenvalue weighted by Crippen LogP contribution is 2.23. The van der Waals surface area contributed by atoms with E-state index in [9.17, 15) is 9.18 Å². The number of anilines is 1. The fourth-order valence-corrected chi connectivity index (χ4v) is 3.43. The summed E-state index contributed by atoms with van der Waals surface area (Å²) in [6.45, 7) is 4.21. The zero-order valence-electron chi connectivity index (χ0n) is 15.3. The van der Waals surface area contributed by atoms with Gasteiger partial charge in [0.1, 0.15) is 18.2 Å². The van der Waals surface area contributed by atoms with Crippen LogP contribution in [0.15, 0.2) is 46.0 Å². The van der Waals surface area contributed by atoms with Crippen LogP contribution in [-0.4, -0.2) is 26.8 Å². The van der Waals surface area contributed by atoms with Crippen molar-refractivity contribution in [3.05, 3.63) is 63.6 Å². The van der Waals surface area contributed by atoms with Gasteiger partial charge in [0, 0.05) is 4.47 Å². The average molecular weight is 465 g/mol. The fourth-order valence-electron chi connectivity index (χ4n) is 2.48. The predicted molar refractivity (Wildman–Crippen MR) is 110 cm³/mol. The van der Waals surface area contributed by atoms with Crippen LogP contribution >= 0.6 is 27.7 Å². The van der Waals surface area contributed by atoms with Gasteiger partial charge < -0.3 is 10.1 Å². The van der Waals surface area contributed by atoms with Crippen LogP contribution in [0.1, 0.15) is 17.0 Å². The number of benzene rings is 2. The number of amides is 1. The highest BCUT2D eigenvalue weighted by Gasteiger charge is 2.11. The number of carbonyl (C=O) groups is 1. The van der Waals surface area contributed by atoms with Crippen LogP contribution in [0.3, 0.4) is 0 Å². The first-order valence-corrected chi connectivity index (χ1v) is 10.2. The van der Waals surface area contributed by atoms with Crippen molar-refractivity contribution in [2.75, 3.05) is 11.1 Å². The van der Waals surface area contributed by atoms with Crippen LogP contribution < -0.4 is 10.1 Å². The molecule has 0 fully saturated rings. The number of nitrogens with one attached hydrogen (secondary N) is 2. The van der Waals surface area contributed by atoms with Crippen molar-refractivity contribution in [2.24, 2.45) is 0 Å². The molecule has 0 spiro atoms. The van der Waals surface area contributed by atoms with Crippen LogP contribution in [0.2, 0.25) is 0 Å². The molecule has 0 atom stereocenters. The number of H-pyrrole nitrogens is 1. The second kappa shape index (κ2) is 9.20. The highest BCUT2D eigenvalue weighted by molar-refractivity contribution is 9.10. The summed E-state index contributed by atoms with van der Waals surface area (Å²) in [6, 6.07) is 10.4. The van der Waals surface area contributed by atoms with Gasteiger partial charge in [0.05, 0.1) is 11.4 Å². The number of hydrogen-bond donors (Lipinski definition) is 2. The number of para-hydroxylation sites is 1. The third kappa shape index (κ3) is 5.32. The number of aromatic amines is 1. The maximum atomic E-state index is 13.8. The molecule has 1 heterocycles. The second-order valence-electron chi connectivity index (χ2n) is 6.04. The number of ether oxygens (including phenoxy) is 1. The minimum absolute atomic E-state index is 0.0601. The Morgan fingerprint density at radius 1 is 1.29 bits per heavy atom. The molecule has 0 unspecified atom stereocenters. The molecule has 0 aliphatic carbocycles. The van der Waals surface area contributed by atoms with E-state index in [4.69, 9.17) is 4.74 Å². The van der Waals surface area contributed by atoms with Gasteiger partial charge in [0.15, 0.2) is 5.82 Å². The summed E-state index contributed by atoms with van der Waals surface area (Å²) in [7, 11) is 0. The SMILES string of the molecule is Cc1cccc(C)c1OCc1nc(SCC(=O)Nc2ccc(Br)cc2F)n[nH]1. The molecule has 1 aromatic heterocycles. The van der Waals surface area contributed by atoms with Crippen LogP contribution in [-0.2, 0) is 11.4 Å². The third-order valence-corrected chi connectivity index (χ3v) is 5.15. The molecule has 1 amide bonds. The predicted octanol–water partition coefficient (Wildman–Crippen LogP) is 4.63. The summed E-state index contributed by atoms with van der Waals surface area (Å²) >= 11 is 4.33. The lowest BCUT2D eigenvalue weighted by Gasteiger charge is -2.10. The molecule has 146 valence electrons. The van der Waals surface area contributed by atoms with Crippen molar-refractivity contribution in [2.45, 2.75) is 25.6 Å². The second-order valence-corrected chi connectivity index (χ2v) is 7.89. The van der Waals surface area contributed by atoms with Gasteiger partial charge in [-0.15, -0.1) is 5.10 Å². The Hall–Kier alpha value is -2.39. The van der Waals surface area contributed by atoms with Crippen LogP contribution in [0.4, 0.5) is 10.1 Å².